The fourth-order valence-electron chi connectivity index (χ4n) is 2.67. The van der Waals surface area contributed by atoms with Crippen LogP contribution in [0.2, 0.25) is 0 Å². The number of hydrogen-bond acceptors (Lipinski definition) is 3. The standard InChI is InChI=1S/C16H25FN2O/c1-11(2)14-10-19(12(3)8-18-14)9-13-6-5-7-15(20-4)16(13)17/h5-7,11-12,14,18H,8-10H2,1-4H3. The second kappa shape index (κ2) is 6.55. The lowest BCUT2D eigenvalue weighted by Gasteiger charge is -2.40. The SMILES string of the molecule is COc1cccc(CN2CC(C(C)C)NCC2C)c1F. The Balaban J connectivity index is 2.11. The molecule has 20 heavy (non-hydrogen) atoms. The van der Waals surface area contributed by atoms with Crippen LogP contribution in [-0.2, 0) is 6.54 Å². The highest BCUT2D eigenvalue weighted by Gasteiger charge is 2.27. The van der Waals surface area contributed by atoms with Crippen molar-refractivity contribution in [2.45, 2.75) is 39.4 Å². The van der Waals surface area contributed by atoms with Gasteiger partial charge in [0.25, 0.3) is 0 Å². The molecule has 0 saturated carbocycles. The topological polar surface area (TPSA) is 24.5 Å². The number of nitrogens with one attached hydrogen (secondary N) is 1. The molecule has 1 fully saturated rings. The van der Waals surface area contributed by atoms with E-state index in [1.807, 2.05) is 12.1 Å². The quantitative estimate of drug-likeness (QED) is 0.917. The van der Waals surface area contributed by atoms with Crippen molar-refractivity contribution in [2.24, 2.45) is 5.92 Å². The molecule has 2 atom stereocenters. The van der Waals surface area contributed by atoms with Crippen molar-refractivity contribution in [2.75, 3.05) is 20.2 Å². The number of hydrogen-bond donors (Lipinski definition) is 1. The Morgan fingerprint density at radius 2 is 2.20 bits per heavy atom. The van der Waals surface area contributed by atoms with Crippen molar-refractivity contribution >= 4 is 0 Å². The Morgan fingerprint density at radius 3 is 2.85 bits per heavy atom. The van der Waals surface area contributed by atoms with Crippen LogP contribution in [0.1, 0.15) is 26.3 Å². The molecule has 3 nitrogen and oxygen atoms in total. The van der Waals surface area contributed by atoms with Gasteiger partial charge in [0, 0.05) is 37.3 Å². The Hall–Kier alpha value is -1.13. The lowest BCUT2D eigenvalue weighted by Crippen LogP contribution is -2.56. The minimum Gasteiger partial charge on any atom is -0.494 e. The van der Waals surface area contributed by atoms with E-state index in [4.69, 9.17) is 4.74 Å². The number of halogens is 1. The summed E-state index contributed by atoms with van der Waals surface area (Å²) in [5.41, 5.74) is 0.709. The molecule has 1 aromatic rings. The third-order valence-electron chi connectivity index (χ3n) is 4.17. The van der Waals surface area contributed by atoms with Gasteiger partial charge in [0.05, 0.1) is 7.11 Å². The van der Waals surface area contributed by atoms with Gasteiger partial charge in [-0.15, -0.1) is 0 Å². The van der Waals surface area contributed by atoms with E-state index in [0.29, 0.717) is 35.9 Å². The van der Waals surface area contributed by atoms with Gasteiger partial charge in [-0.05, 0) is 18.9 Å². The lowest BCUT2D eigenvalue weighted by atomic mass is 9.99. The van der Waals surface area contributed by atoms with Crippen LogP contribution in [0.25, 0.3) is 0 Å². The summed E-state index contributed by atoms with van der Waals surface area (Å²) in [6.07, 6.45) is 0. The van der Waals surface area contributed by atoms with E-state index in [1.54, 1.807) is 6.07 Å². The van der Waals surface area contributed by atoms with Crippen LogP contribution in [0.15, 0.2) is 18.2 Å². The average molecular weight is 280 g/mol. The van der Waals surface area contributed by atoms with E-state index < -0.39 is 0 Å². The van der Waals surface area contributed by atoms with Gasteiger partial charge in [-0.2, -0.15) is 0 Å². The molecule has 2 unspecified atom stereocenters. The molecular weight excluding hydrogens is 255 g/mol. The van der Waals surface area contributed by atoms with Crippen LogP contribution < -0.4 is 10.1 Å². The van der Waals surface area contributed by atoms with Crippen LogP contribution >= 0.6 is 0 Å². The summed E-state index contributed by atoms with van der Waals surface area (Å²) >= 11 is 0. The Kier molecular flexibility index (Phi) is 5.00. The third kappa shape index (κ3) is 3.30. The van der Waals surface area contributed by atoms with Gasteiger partial charge in [0.15, 0.2) is 11.6 Å². The zero-order valence-corrected chi connectivity index (χ0v) is 12.8. The molecule has 0 bridgehead atoms. The second-order valence-electron chi connectivity index (χ2n) is 5.97. The van der Waals surface area contributed by atoms with E-state index in [2.05, 4.69) is 31.0 Å². The van der Waals surface area contributed by atoms with Crippen LogP contribution in [0.5, 0.6) is 5.75 Å². The first-order valence-corrected chi connectivity index (χ1v) is 7.31. The van der Waals surface area contributed by atoms with Crippen LogP contribution in [0, 0.1) is 11.7 Å². The predicted molar refractivity (Wildman–Crippen MR) is 79.5 cm³/mol. The van der Waals surface area contributed by atoms with Crippen molar-refractivity contribution in [3.05, 3.63) is 29.6 Å². The minimum absolute atomic E-state index is 0.234. The molecule has 1 N–H and O–H groups in total. The zero-order valence-electron chi connectivity index (χ0n) is 12.8. The number of rotatable bonds is 4. The molecule has 0 aromatic heterocycles. The fourth-order valence-corrected chi connectivity index (χ4v) is 2.67. The summed E-state index contributed by atoms with van der Waals surface area (Å²) in [5, 5.41) is 3.56. The molecule has 1 heterocycles. The first kappa shape index (κ1) is 15.3. The van der Waals surface area contributed by atoms with E-state index in [0.717, 1.165) is 13.1 Å². The highest BCUT2D eigenvalue weighted by atomic mass is 19.1. The van der Waals surface area contributed by atoms with Crippen molar-refractivity contribution in [3.63, 3.8) is 0 Å². The van der Waals surface area contributed by atoms with Crippen molar-refractivity contribution in [3.8, 4) is 5.75 Å². The molecule has 1 aliphatic heterocycles. The Labute approximate surface area is 121 Å². The van der Waals surface area contributed by atoms with Crippen LogP contribution in [0.3, 0.4) is 0 Å². The Bertz CT molecular complexity index is 450. The molecule has 0 radical (unpaired) electrons. The van der Waals surface area contributed by atoms with Crippen LogP contribution in [0.4, 0.5) is 4.39 Å². The normalized spacial score (nSPS) is 24.1. The fraction of sp³-hybridized carbons (Fsp3) is 0.625. The molecule has 0 aliphatic carbocycles. The molecule has 1 saturated heterocycles. The third-order valence-corrected chi connectivity index (χ3v) is 4.17. The lowest BCUT2D eigenvalue weighted by molar-refractivity contribution is 0.114. The smallest absolute Gasteiger partial charge is 0.169 e. The van der Waals surface area contributed by atoms with Crippen molar-refractivity contribution in [1.82, 2.24) is 10.2 Å². The summed E-state index contributed by atoms with van der Waals surface area (Å²) in [5.74, 6) is 0.674. The van der Waals surface area contributed by atoms with E-state index in [-0.39, 0.29) is 5.82 Å². The number of nitrogens with zero attached hydrogens (tertiary/aromatic N) is 1. The maximum absolute atomic E-state index is 14.2. The first-order valence-electron chi connectivity index (χ1n) is 7.31. The van der Waals surface area contributed by atoms with E-state index >= 15 is 0 Å². The molecule has 112 valence electrons. The predicted octanol–water partition coefficient (Wildman–Crippen LogP) is 2.65. The molecule has 4 heteroatoms. The van der Waals surface area contributed by atoms with Gasteiger partial charge in [-0.3, -0.25) is 4.90 Å². The van der Waals surface area contributed by atoms with Gasteiger partial charge >= 0.3 is 0 Å². The molecule has 0 spiro atoms. The number of benzene rings is 1. The molecular formula is C16H25FN2O. The maximum Gasteiger partial charge on any atom is 0.169 e. The molecule has 2 rings (SSSR count). The summed E-state index contributed by atoms with van der Waals surface area (Å²) in [6, 6.07) is 6.24. The van der Waals surface area contributed by atoms with Gasteiger partial charge in [-0.25, -0.2) is 4.39 Å². The average Bonchev–Trinajstić information content (AvgIpc) is 2.43. The molecule has 0 amide bonds. The van der Waals surface area contributed by atoms with E-state index in [9.17, 15) is 4.39 Å². The minimum atomic E-state index is -0.234. The first-order chi connectivity index (χ1) is 9.52. The monoisotopic (exact) mass is 280 g/mol. The second-order valence-corrected chi connectivity index (χ2v) is 5.97. The maximum atomic E-state index is 14.2. The van der Waals surface area contributed by atoms with Crippen molar-refractivity contribution < 1.29 is 9.13 Å². The van der Waals surface area contributed by atoms with Crippen molar-refractivity contribution in [1.29, 1.82) is 0 Å². The number of methoxy groups -OCH3 is 1. The zero-order chi connectivity index (χ0) is 14.7. The molecule has 1 aliphatic rings. The summed E-state index contributed by atoms with van der Waals surface area (Å²) < 4.78 is 19.3. The number of ether oxygens (including phenoxy) is 1. The summed E-state index contributed by atoms with van der Waals surface area (Å²) in [6.45, 7) is 9.16. The highest BCUT2D eigenvalue weighted by molar-refractivity contribution is 5.31. The largest absolute Gasteiger partial charge is 0.494 e. The number of piperazine rings is 1. The summed E-state index contributed by atoms with van der Waals surface area (Å²) in [4.78, 5) is 2.35. The van der Waals surface area contributed by atoms with Crippen LogP contribution in [-0.4, -0.2) is 37.2 Å². The van der Waals surface area contributed by atoms with Gasteiger partial charge in [-0.1, -0.05) is 26.0 Å². The Morgan fingerprint density at radius 1 is 1.45 bits per heavy atom. The van der Waals surface area contributed by atoms with Gasteiger partial charge < -0.3 is 10.1 Å². The van der Waals surface area contributed by atoms with Gasteiger partial charge in [0.1, 0.15) is 0 Å². The summed E-state index contributed by atoms with van der Waals surface area (Å²) in [7, 11) is 1.50. The van der Waals surface area contributed by atoms with Gasteiger partial charge in [0.2, 0.25) is 0 Å². The highest BCUT2D eigenvalue weighted by Crippen LogP contribution is 2.23. The van der Waals surface area contributed by atoms with E-state index in [1.165, 1.54) is 7.11 Å². The molecule has 1 aromatic carbocycles.